The van der Waals surface area contributed by atoms with Gasteiger partial charge in [0.2, 0.25) is 5.91 Å². The Labute approximate surface area is 129 Å². The maximum Gasteiger partial charge on any atom is 0.246 e. The number of allylic oxidation sites excluding steroid dienone is 1. The summed E-state index contributed by atoms with van der Waals surface area (Å²) in [6.07, 6.45) is 5.24. The minimum Gasteiger partial charge on any atom is -0.497 e. The third-order valence-corrected chi connectivity index (χ3v) is 3.96. The van der Waals surface area contributed by atoms with E-state index in [1.165, 1.54) is 0 Å². The van der Waals surface area contributed by atoms with Crippen molar-refractivity contribution < 1.29 is 9.53 Å². The number of rotatable bonds is 4. The van der Waals surface area contributed by atoms with Gasteiger partial charge in [-0.25, -0.2) is 4.98 Å². The Morgan fingerprint density at radius 2 is 2.27 bits per heavy atom. The molecule has 1 fully saturated rings. The molecule has 5 heteroatoms. The third-order valence-electron chi connectivity index (χ3n) is 3.96. The summed E-state index contributed by atoms with van der Waals surface area (Å²) in [5, 5.41) is 0. The van der Waals surface area contributed by atoms with E-state index in [0.29, 0.717) is 19.0 Å². The van der Waals surface area contributed by atoms with Gasteiger partial charge in [-0.15, -0.1) is 0 Å². The molecule has 114 valence electrons. The number of H-pyrrole nitrogens is 1. The summed E-state index contributed by atoms with van der Waals surface area (Å²) in [6, 6.07) is 7.72. The van der Waals surface area contributed by atoms with E-state index in [2.05, 4.69) is 9.97 Å². The third kappa shape index (κ3) is 2.88. The fourth-order valence-electron chi connectivity index (χ4n) is 2.56. The number of hydrogen-bond acceptors (Lipinski definition) is 3. The Balaban J connectivity index is 1.63. The summed E-state index contributed by atoms with van der Waals surface area (Å²) in [5.41, 5.74) is 1.93. The van der Waals surface area contributed by atoms with Crippen LogP contribution in [0.5, 0.6) is 5.75 Å². The van der Waals surface area contributed by atoms with Crippen molar-refractivity contribution in [1.29, 1.82) is 0 Å². The van der Waals surface area contributed by atoms with Gasteiger partial charge in [0.05, 0.1) is 13.0 Å². The van der Waals surface area contributed by atoms with E-state index in [-0.39, 0.29) is 5.91 Å². The SMILES string of the molecule is COc1cccc(/C(C)=C/C(=O)N2CC(c3ncc[nH]3)C2)c1. The average molecular weight is 297 g/mol. The van der Waals surface area contributed by atoms with Gasteiger partial charge in [-0.2, -0.15) is 0 Å². The smallest absolute Gasteiger partial charge is 0.246 e. The van der Waals surface area contributed by atoms with Gasteiger partial charge in [0.15, 0.2) is 0 Å². The fraction of sp³-hybridized carbons (Fsp3) is 0.294. The van der Waals surface area contributed by atoms with Crippen molar-refractivity contribution in [3.05, 3.63) is 54.1 Å². The van der Waals surface area contributed by atoms with Crippen LogP contribution >= 0.6 is 0 Å². The minimum atomic E-state index is 0.0446. The number of nitrogens with one attached hydrogen (secondary N) is 1. The number of carbonyl (C=O) groups excluding carboxylic acids is 1. The predicted octanol–water partition coefficient (Wildman–Crippen LogP) is 2.45. The molecule has 0 atom stereocenters. The monoisotopic (exact) mass is 297 g/mol. The highest BCUT2D eigenvalue weighted by Crippen LogP contribution is 2.25. The molecule has 1 aromatic carbocycles. The van der Waals surface area contributed by atoms with Crippen LogP contribution in [-0.2, 0) is 4.79 Å². The number of benzene rings is 1. The molecule has 1 aliphatic rings. The van der Waals surface area contributed by atoms with Crippen LogP contribution in [0.2, 0.25) is 0 Å². The van der Waals surface area contributed by atoms with Crippen LogP contribution in [0.4, 0.5) is 0 Å². The molecule has 5 nitrogen and oxygen atoms in total. The summed E-state index contributed by atoms with van der Waals surface area (Å²) in [7, 11) is 1.64. The van der Waals surface area contributed by atoms with Crippen molar-refractivity contribution in [3.8, 4) is 5.75 Å². The van der Waals surface area contributed by atoms with Gasteiger partial charge in [0.1, 0.15) is 11.6 Å². The van der Waals surface area contributed by atoms with E-state index in [1.54, 1.807) is 19.4 Å². The second kappa shape index (κ2) is 6.05. The average Bonchev–Trinajstić information content (AvgIpc) is 2.99. The molecule has 22 heavy (non-hydrogen) atoms. The minimum absolute atomic E-state index is 0.0446. The number of ether oxygens (including phenoxy) is 1. The quantitative estimate of drug-likeness (QED) is 0.882. The Kier molecular flexibility index (Phi) is 3.96. The number of nitrogens with zero attached hydrogens (tertiary/aromatic N) is 2. The van der Waals surface area contributed by atoms with Crippen LogP contribution in [0, 0.1) is 0 Å². The first kappa shape index (κ1) is 14.4. The highest BCUT2D eigenvalue weighted by atomic mass is 16.5. The molecule has 1 aromatic heterocycles. The number of carbonyl (C=O) groups is 1. The Hall–Kier alpha value is -2.56. The van der Waals surface area contributed by atoms with Gasteiger partial charge in [-0.1, -0.05) is 12.1 Å². The highest BCUT2D eigenvalue weighted by molar-refractivity contribution is 5.95. The zero-order valence-electron chi connectivity index (χ0n) is 12.7. The van der Waals surface area contributed by atoms with E-state index < -0.39 is 0 Å². The molecule has 3 rings (SSSR count). The molecule has 1 saturated heterocycles. The number of aromatic amines is 1. The maximum atomic E-state index is 12.3. The van der Waals surface area contributed by atoms with E-state index in [4.69, 9.17) is 4.74 Å². The van der Waals surface area contributed by atoms with E-state index in [1.807, 2.05) is 42.3 Å². The molecule has 1 N–H and O–H groups in total. The van der Waals surface area contributed by atoms with Crippen molar-refractivity contribution >= 4 is 11.5 Å². The Morgan fingerprint density at radius 1 is 1.45 bits per heavy atom. The number of imidazole rings is 1. The molecule has 0 radical (unpaired) electrons. The molecular formula is C17H19N3O2. The van der Waals surface area contributed by atoms with Crippen LogP contribution in [0.1, 0.15) is 24.2 Å². The van der Waals surface area contributed by atoms with Crippen molar-refractivity contribution in [1.82, 2.24) is 14.9 Å². The van der Waals surface area contributed by atoms with Crippen molar-refractivity contribution in [2.75, 3.05) is 20.2 Å². The molecule has 0 spiro atoms. The highest BCUT2D eigenvalue weighted by Gasteiger charge is 2.32. The zero-order chi connectivity index (χ0) is 15.5. The van der Waals surface area contributed by atoms with E-state index in [9.17, 15) is 4.79 Å². The van der Waals surface area contributed by atoms with Gasteiger partial charge in [-0.3, -0.25) is 4.79 Å². The first-order valence-corrected chi connectivity index (χ1v) is 7.28. The van der Waals surface area contributed by atoms with Gasteiger partial charge < -0.3 is 14.6 Å². The van der Waals surface area contributed by atoms with Gasteiger partial charge in [0.25, 0.3) is 0 Å². The Morgan fingerprint density at radius 3 is 2.95 bits per heavy atom. The predicted molar refractivity (Wildman–Crippen MR) is 84.6 cm³/mol. The first-order valence-electron chi connectivity index (χ1n) is 7.28. The molecule has 1 amide bonds. The topological polar surface area (TPSA) is 58.2 Å². The summed E-state index contributed by atoms with van der Waals surface area (Å²) in [4.78, 5) is 21.4. The molecule has 2 aromatic rings. The lowest BCUT2D eigenvalue weighted by Crippen LogP contribution is -2.48. The lowest BCUT2D eigenvalue weighted by atomic mass is 9.98. The number of hydrogen-bond donors (Lipinski definition) is 1. The van der Waals surface area contributed by atoms with Crippen LogP contribution in [0.25, 0.3) is 5.57 Å². The van der Waals surface area contributed by atoms with Crippen LogP contribution < -0.4 is 4.74 Å². The molecule has 0 unspecified atom stereocenters. The molecular weight excluding hydrogens is 278 g/mol. The Bertz CT molecular complexity index is 686. The first-order chi connectivity index (χ1) is 10.7. The normalized spacial score (nSPS) is 15.5. The maximum absolute atomic E-state index is 12.3. The molecule has 0 aliphatic carbocycles. The lowest BCUT2D eigenvalue weighted by molar-refractivity contribution is -0.130. The van der Waals surface area contributed by atoms with Crippen LogP contribution in [0.3, 0.4) is 0 Å². The van der Waals surface area contributed by atoms with Gasteiger partial charge in [0, 0.05) is 31.6 Å². The largest absolute Gasteiger partial charge is 0.497 e. The molecule has 0 saturated carbocycles. The zero-order valence-corrected chi connectivity index (χ0v) is 12.7. The number of likely N-dealkylation sites (tertiary alicyclic amines) is 1. The van der Waals surface area contributed by atoms with E-state index in [0.717, 1.165) is 22.7 Å². The van der Waals surface area contributed by atoms with Crippen LogP contribution in [-0.4, -0.2) is 41.0 Å². The number of aromatic nitrogens is 2. The molecule has 2 heterocycles. The van der Waals surface area contributed by atoms with Crippen molar-refractivity contribution in [2.45, 2.75) is 12.8 Å². The molecule has 0 bridgehead atoms. The van der Waals surface area contributed by atoms with Crippen LogP contribution in [0.15, 0.2) is 42.7 Å². The number of amides is 1. The summed E-state index contributed by atoms with van der Waals surface area (Å²) >= 11 is 0. The standard InChI is InChI=1S/C17H19N3O2/c1-12(13-4-3-5-15(9-13)22-2)8-16(21)20-10-14(11-20)17-18-6-7-19-17/h3-9,14H,10-11H2,1-2H3,(H,18,19)/b12-8+. The summed E-state index contributed by atoms with van der Waals surface area (Å²) in [6.45, 7) is 3.37. The lowest BCUT2D eigenvalue weighted by Gasteiger charge is -2.37. The van der Waals surface area contributed by atoms with Crippen molar-refractivity contribution in [2.24, 2.45) is 0 Å². The summed E-state index contributed by atoms with van der Waals surface area (Å²) in [5.74, 6) is 2.12. The summed E-state index contributed by atoms with van der Waals surface area (Å²) < 4.78 is 5.21. The van der Waals surface area contributed by atoms with Crippen molar-refractivity contribution in [3.63, 3.8) is 0 Å². The van der Waals surface area contributed by atoms with E-state index >= 15 is 0 Å². The van der Waals surface area contributed by atoms with Gasteiger partial charge >= 0.3 is 0 Å². The molecule has 1 aliphatic heterocycles. The second-order valence-corrected chi connectivity index (χ2v) is 5.47. The second-order valence-electron chi connectivity index (χ2n) is 5.47. The number of methoxy groups -OCH3 is 1. The van der Waals surface area contributed by atoms with Gasteiger partial charge in [-0.05, 0) is 30.2 Å². The fourth-order valence-corrected chi connectivity index (χ4v) is 2.56.